The summed E-state index contributed by atoms with van der Waals surface area (Å²) in [5.41, 5.74) is 5.09. The van der Waals surface area contributed by atoms with Crippen molar-refractivity contribution in [2.24, 2.45) is 5.92 Å². The fraction of sp³-hybridized carbons (Fsp3) is 0.458. The molecule has 1 aromatic heterocycles. The molecule has 2 aromatic carbocycles. The lowest BCUT2D eigenvalue weighted by Gasteiger charge is -2.19. The largest absolute Gasteiger partial charge is 0.490 e. The standard InChI is InChI=1S/C24H30N2O4S/c1-16-8-9-17(2)24(18(16)3)30-14-20(27)13-26-22-7-5-4-6-21(22)25-23(26)12-19-10-11-31(28,29)15-19/h4-9,19-20,27H,10-15H2,1-3H3. The van der Waals surface area contributed by atoms with Crippen LogP contribution in [0.5, 0.6) is 5.75 Å². The van der Waals surface area contributed by atoms with Crippen LogP contribution in [0.3, 0.4) is 0 Å². The second kappa shape index (κ2) is 8.63. The minimum absolute atomic E-state index is 0.0755. The maximum absolute atomic E-state index is 11.9. The monoisotopic (exact) mass is 442 g/mol. The molecule has 0 radical (unpaired) electrons. The first-order valence-corrected chi connectivity index (χ1v) is 12.6. The van der Waals surface area contributed by atoms with Gasteiger partial charge >= 0.3 is 0 Å². The molecule has 1 aliphatic heterocycles. The summed E-state index contributed by atoms with van der Waals surface area (Å²) in [5, 5.41) is 10.8. The summed E-state index contributed by atoms with van der Waals surface area (Å²) in [6, 6.07) is 11.9. The van der Waals surface area contributed by atoms with Crippen LogP contribution in [-0.4, -0.2) is 47.3 Å². The minimum atomic E-state index is -2.94. The zero-order valence-electron chi connectivity index (χ0n) is 18.3. The molecule has 3 aromatic rings. The van der Waals surface area contributed by atoms with E-state index in [1.165, 1.54) is 0 Å². The Labute approximate surface area is 183 Å². The lowest BCUT2D eigenvalue weighted by atomic mass is 10.0. The van der Waals surface area contributed by atoms with E-state index in [1.54, 1.807) is 0 Å². The molecule has 0 aliphatic carbocycles. The van der Waals surface area contributed by atoms with E-state index in [2.05, 4.69) is 6.07 Å². The smallest absolute Gasteiger partial charge is 0.150 e. The molecular weight excluding hydrogens is 412 g/mol. The van der Waals surface area contributed by atoms with E-state index in [1.807, 2.05) is 55.7 Å². The highest BCUT2D eigenvalue weighted by molar-refractivity contribution is 7.91. The Balaban J connectivity index is 1.53. The van der Waals surface area contributed by atoms with E-state index in [-0.39, 0.29) is 24.0 Å². The zero-order valence-corrected chi connectivity index (χ0v) is 19.2. The second-order valence-electron chi connectivity index (χ2n) is 8.72. The molecule has 2 atom stereocenters. The van der Waals surface area contributed by atoms with Gasteiger partial charge in [-0.25, -0.2) is 13.4 Å². The van der Waals surface area contributed by atoms with Crippen LogP contribution in [0.15, 0.2) is 36.4 Å². The zero-order chi connectivity index (χ0) is 22.2. The Hall–Kier alpha value is -2.38. The van der Waals surface area contributed by atoms with Gasteiger partial charge in [-0.2, -0.15) is 0 Å². The molecule has 0 amide bonds. The lowest BCUT2D eigenvalue weighted by molar-refractivity contribution is 0.0919. The van der Waals surface area contributed by atoms with Crippen molar-refractivity contribution >= 4 is 20.9 Å². The van der Waals surface area contributed by atoms with Crippen molar-refractivity contribution in [1.29, 1.82) is 0 Å². The summed E-state index contributed by atoms with van der Waals surface area (Å²) in [4.78, 5) is 4.75. The number of aromatic nitrogens is 2. The van der Waals surface area contributed by atoms with Gasteiger partial charge in [-0.1, -0.05) is 24.3 Å². The van der Waals surface area contributed by atoms with E-state index in [0.717, 1.165) is 39.3 Å². The first kappa shape index (κ1) is 21.8. The number of imidazole rings is 1. The molecule has 1 aliphatic rings. The molecule has 2 unspecified atom stereocenters. The third-order valence-corrected chi connectivity index (χ3v) is 8.06. The van der Waals surface area contributed by atoms with Crippen LogP contribution in [0, 0.1) is 26.7 Å². The van der Waals surface area contributed by atoms with E-state index in [9.17, 15) is 13.5 Å². The number of rotatable bonds is 7. The molecule has 0 saturated carbocycles. The predicted octanol–water partition coefficient (Wildman–Crippen LogP) is 3.38. The van der Waals surface area contributed by atoms with Gasteiger partial charge in [-0.15, -0.1) is 0 Å². The van der Waals surface area contributed by atoms with Gasteiger partial charge in [0.2, 0.25) is 0 Å². The van der Waals surface area contributed by atoms with E-state index >= 15 is 0 Å². The topological polar surface area (TPSA) is 81.4 Å². The first-order valence-electron chi connectivity index (χ1n) is 10.8. The average molecular weight is 443 g/mol. The number of aliphatic hydroxyl groups is 1. The number of para-hydroxylation sites is 2. The Kier molecular flexibility index (Phi) is 6.08. The van der Waals surface area contributed by atoms with Crippen LogP contribution in [-0.2, 0) is 22.8 Å². The van der Waals surface area contributed by atoms with E-state index < -0.39 is 15.9 Å². The predicted molar refractivity (Wildman–Crippen MR) is 122 cm³/mol. The fourth-order valence-electron chi connectivity index (χ4n) is 4.37. The Morgan fingerprint density at radius 3 is 2.65 bits per heavy atom. The number of sulfone groups is 1. The highest BCUT2D eigenvalue weighted by Gasteiger charge is 2.29. The van der Waals surface area contributed by atoms with Crippen LogP contribution >= 0.6 is 0 Å². The van der Waals surface area contributed by atoms with Crippen LogP contribution in [0.1, 0.15) is 28.9 Å². The summed E-state index contributed by atoms with van der Waals surface area (Å²) in [6.45, 7) is 6.60. The highest BCUT2D eigenvalue weighted by atomic mass is 32.2. The van der Waals surface area contributed by atoms with Gasteiger partial charge in [0.25, 0.3) is 0 Å². The second-order valence-corrected chi connectivity index (χ2v) is 10.9. The summed E-state index contributed by atoms with van der Waals surface area (Å²) in [5.74, 6) is 2.19. The highest BCUT2D eigenvalue weighted by Crippen LogP contribution is 2.27. The molecule has 1 saturated heterocycles. The SMILES string of the molecule is Cc1ccc(C)c(OCC(O)Cn2c(CC3CCS(=O)(=O)C3)nc3ccccc32)c1C. The van der Waals surface area contributed by atoms with Crippen molar-refractivity contribution in [2.75, 3.05) is 18.1 Å². The van der Waals surface area contributed by atoms with Gasteiger partial charge in [0.1, 0.15) is 24.3 Å². The average Bonchev–Trinajstić information content (AvgIpc) is 3.24. The number of hydrogen-bond acceptors (Lipinski definition) is 5. The molecule has 7 heteroatoms. The first-order chi connectivity index (χ1) is 14.7. The number of aryl methyl sites for hydroxylation is 2. The van der Waals surface area contributed by atoms with Crippen molar-refractivity contribution in [2.45, 2.75) is 46.3 Å². The van der Waals surface area contributed by atoms with E-state index in [0.29, 0.717) is 19.4 Å². The van der Waals surface area contributed by atoms with Gasteiger partial charge in [0.15, 0.2) is 9.84 Å². The van der Waals surface area contributed by atoms with Crippen LogP contribution in [0.25, 0.3) is 11.0 Å². The van der Waals surface area contributed by atoms with Crippen LogP contribution in [0.4, 0.5) is 0 Å². The number of benzene rings is 2. The van der Waals surface area contributed by atoms with Gasteiger partial charge < -0.3 is 14.4 Å². The number of aliphatic hydroxyl groups excluding tert-OH is 1. The van der Waals surface area contributed by atoms with Gasteiger partial charge in [0, 0.05) is 6.42 Å². The Morgan fingerprint density at radius 2 is 1.90 bits per heavy atom. The molecular formula is C24H30N2O4S. The van der Waals surface area contributed by atoms with E-state index in [4.69, 9.17) is 9.72 Å². The van der Waals surface area contributed by atoms with Crippen molar-refractivity contribution in [3.8, 4) is 5.75 Å². The lowest BCUT2D eigenvalue weighted by Crippen LogP contribution is -2.25. The molecule has 0 bridgehead atoms. The Morgan fingerprint density at radius 1 is 1.16 bits per heavy atom. The maximum Gasteiger partial charge on any atom is 0.150 e. The third-order valence-electron chi connectivity index (χ3n) is 6.22. The molecule has 1 fully saturated rings. The molecule has 166 valence electrons. The maximum atomic E-state index is 11.9. The van der Waals surface area contributed by atoms with Crippen LogP contribution < -0.4 is 4.74 Å². The van der Waals surface area contributed by atoms with Gasteiger partial charge in [0.05, 0.1) is 29.1 Å². The molecule has 31 heavy (non-hydrogen) atoms. The normalized spacial score (nSPS) is 19.0. The van der Waals surface area contributed by atoms with Crippen molar-refractivity contribution < 1.29 is 18.3 Å². The molecule has 6 nitrogen and oxygen atoms in total. The van der Waals surface area contributed by atoms with Crippen molar-refractivity contribution in [1.82, 2.24) is 9.55 Å². The number of fused-ring (bicyclic) bond motifs is 1. The van der Waals surface area contributed by atoms with Crippen molar-refractivity contribution in [3.63, 3.8) is 0 Å². The number of ether oxygens (including phenoxy) is 1. The van der Waals surface area contributed by atoms with Crippen LogP contribution in [0.2, 0.25) is 0 Å². The van der Waals surface area contributed by atoms with Crippen molar-refractivity contribution in [3.05, 3.63) is 58.9 Å². The number of hydrogen-bond donors (Lipinski definition) is 1. The quantitative estimate of drug-likeness (QED) is 0.607. The third kappa shape index (κ3) is 4.77. The van der Waals surface area contributed by atoms with Gasteiger partial charge in [-0.3, -0.25) is 0 Å². The molecule has 0 spiro atoms. The Bertz CT molecular complexity index is 1200. The summed E-state index contributed by atoms with van der Waals surface area (Å²) in [6.07, 6.45) is 0.545. The molecule has 4 rings (SSSR count). The summed E-state index contributed by atoms with van der Waals surface area (Å²) < 4.78 is 31.8. The minimum Gasteiger partial charge on any atom is -0.490 e. The number of nitrogens with zero attached hydrogens (tertiary/aromatic N) is 2. The van der Waals surface area contributed by atoms with Gasteiger partial charge in [-0.05, 0) is 61.9 Å². The fourth-order valence-corrected chi connectivity index (χ4v) is 6.23. The molecule has 1 N–H and O–H groups in total. The molecule has 2 heterocycles. The summed E-state index contributed by atoms with van der Waals surface area (Å²) in [7, 11) is -2.94. The summed E-state index contributed by atoms with van der Waals surface area (Å²) >= 11 is 0.